The average Bonchev–Trinajstić information content (AvgIpc) is 3.41. The fraction of sp³-hybridized carbons (Fsp3) is 0.346. The van der Waals surface area contributed by atoms with Crippen LogP contribution in [0.2, 0.25) is 5.02 Å². The van der Waals surface area contributed by atoms with Crippen molar-refractivity contribution in [3.05, 3.63) is 74.7 Å². The summed E-state index contributed by atoms with van der Waals surface area (Å²) in [7, 11) is 0. The summed E-state index contributed by atoms with van der Waals surface area (Å²) in [5, 5.41) is 17.0. The Balaban J connectivity index is 1.06. The van der Waals surface area contributed by atoms with E-state index in [1.807, 2.05) is 17.0 Å². The number of carbonyl (C=O) groups is 2. The second-order valence-electron chi connectivity index (χ2n) is 9.38. The van der Waals surface area contributed by atoms with Crippen molar-refractivity contribution in [3.63, 3.8) is 0 Å². The predicted octanol–water partition coefficient (Wildman–Crippen LogP) is 3.55. The van der Waals surface area contributed by atoms with Gasteiger partial charge in [0.2, 0.25) is 5.91 Å². The molecular weight excluding hydrogens is 542 g/mol. The second kappa shape index (κ2) is 12.0. The van der Waals surface area contributed by atoms with Crippen molar-refractivity contribution in [2.45, 2.75) is 0 Å². The third-order valence-corrected chi connectivity index (χ3v) is 7.87. The summed E-state index contributed by atoms with van der Waals surface area (Å²) in [5.41, 5.74) is 2.19. The van der Waals surface area contributed by atoms with Crippen LogP contribution in [0.5, 0.6) is 0 Å². The van der Waals surface area contributed by atoms with Crippen LogP contribution < -0.4 is 10.2 Å². The van der Waals surface area contributed by atoms with Crippen molar-refractivity contribution < 1.29 is 14.5 Å². The Labute approximate surface area is 234 Å². The van der Waals surface area contributed by atoms with E-state index in [0.29, 0.717) is 74.8 Å². The maximum absolute atomic E-state index is 13.0. The lowest BCUT2D eigenvalue weighted by molar-refractivity contribution is -0.384. The van der Waals surface area contributed by atoms with Crippen LogP contribution in [-0.4, -0.2) is 95.3 Å². The molecular formula is C26H28ClN7O4S. The Kier molecular flexibility index (Phi) is 8.24. The second-order valence-corrected chi connectivity index (χ2v) is 10.7. The zero-order valence-corrected chi connectivity index (χ0v) is 22.7. The van der Waals surface area contributed by atoms with E-state index < -0.39 is 4.92 Å². The lowest BCUT2D eigenvalue weighted by Crippen LogP contribution is -2.54. The Morgan fingerprint density at radius 2 is 1.67 bits per heavy atom. The third-order valence-electron chi connectivity index (χ3n) is 6.88. The standard InChI is InChI=1S/C26H28ClN7O4S/c27-19-2-1-3-20(16-19)28-26-29-23(18-39-26)25(36)33-10-8-30(9-11-33)17-24(35)32-14-12-31(13-15-32)21-4-6-22(7-5-21)34(37)38/h1-7,16,18H,8-15,17H2,(H,28,29). The molecule has 13 heteroatoms. The van der Waals surface area contributed by atoms with Crippen molar-refractivity contribution in [2.24, 2.45) is 0 Å². The van der Waals surface area contributed by atoms with Gasteiger partial charge in [-0.25, -0.2) is 4.98 Å². The molecule has 0 atom stereocenters. The molecule has 5 rings (SSSR count). The van der Waals surface area contributed by atoms with Crippen molar-refractivity contribution in [3.8, 4) is 0 Å². The van der Waals surface area contributed by atoms with Crippen LogP contribution >= 0.6 is 22.9 Å². The van der Waals surface area contributed by atoms with Crippen LogP contribution in [0.25, 0.3) is 0 Å². The number of aromatic nitrogens is 1. The molecule has 0 spiro atoms. The maximum Gasteiger partial charge on any atom is 0.273 e. The monoisotopic (exact) mass is 569 g/mol. The van der Waals surface area contributed by atoms with Gasteiger partial charge in [0.1, 0.15) is 5.69 Å². The molecule has 2 fully saturated rings. The average molecular weight is 570 g/mol. The predicted molar refractivity (Wildman–Crippen MR) is 151 cm³/mol. The minimum atomic E-state index is -0.410. The first-order valence-electron chi connectivity index (χ1n) is 12.6. The van der Waals surface area contributed by atoms with Crippen LogP contribution in [0.4, 0.5) is 22.2 Å². The summed E-state index contributed by atoms with van der Waals surface area (Å²) < 4.78 is 0. The summed E-state index contributed by atoms with van der Waals surface area (Å²) >= 11 is 7.40. The molecule has 3 heterocycles. The topological polar surface area (TPSA) is 115 Å². The maximum atomic E-state index is 13.0. The fourth-order valence-corrected chi connectivity index (χ4v) is 5.58. The van der Waals surface area contributed by atoms with E-state index in [1.165, 1.54) is 23.5 Å². The number of nitrogens with zero attached hydrogens (tertiary/aromatic N) is 6. The number of anilines is 3. The molecule has 0 aliphatic carbocycles. The summed E-state index contributed by atoms with van der Waals surface area (Å²) in [6, 6.07) is 13.8. The van der Waals surface area contributed by atoms with E-state index in [9.17, 15) is 19.7 Å². The number of halogens is 1. The molecule has 0 bridgehead atoms. The summed E-state index contributed by atoms with van der Waals surface area (Å²) in [6.45, 7) is 5.19. The molecule has 3 aromatic rings. The first-order chi connectivity index (χ1) is 18.9. The molecule has 2 amide bonds. The van der Waals surface area contributed by atoms with Gasteiger partial charge in [-0.1, -0.05) is 17.7 Å². The van der Waals surface area contributed by atoms with Crippen molar-refractivity contribution in [1.29, 1.82) is 0 Å². The smallest absolute Gasteiger partial charge is 0.273 e. The zero-order chi connectivity index (χ0) is 27.4. The molecule has 11 nitrogen and oxygen atoms in total. The lowest BCUT2D eigenvalue weighted by Gasteiger charge is -2.38. The molecule has 1 aromatic heterocycles. The first-order valence-corrected chi connectivity index (χ1v) is 13.9. The number of nitro groups is 1. The Hall–Kier alpha value is -3.74. The number of nitrogens with one attached hydrogen (secondary N) is 1. The number of hydrogen-bond donors (Lipinski definition) is 1. The summed E-state index contributed by atoms with van der Waals surface area (Å²) in [4.78, 5) is 48.7. The molecule has 0 unspecified atom stereocenters. The number of rotatable bonds is 7. The van der Waals surface area contributed by atoms with E-state index in [2.05, 4.69) is 20.1 Å². The van der Waals surface area contributed by atoms with Crippen molar-refractivity contribution in [1.82, 2.24) is 19.7 Å². The molecule has 2 aliphatic heterocycles. The number of hydrogen-bond acceptors (Lipinski definition) is 9. The highest BCUT2D eigenvalue weighted by Gasteiger charge is 2.27. The summed E-state index contributed by atoms with van der Waals surface area (Å²) in [5.74, 6) is -0.0342. The Morgan fingerprint density at radius 1 is 0.974 bits per heavy atom. The van der Waals surface area contributed by atoms with Crippen LogP contribution in [0.15, 0.2) is 53.9 Å². The SMILES string of the molecule is O=C(CN1CCN(C(=O)c2csc(Nc3cccc(Cl)c3)n2)CC1)N1CCN(c2ccc([N+](=O)[O-])cc2)CC1. The van der Waals surface area contributed by atoms with Crippen LogP contribution in [0.3, 0.4) is 0 Å². The highest BCUT2D eigenvalue weighted by atomic mass is 35.5. The zero-order valence-electron chi connectivity index (χ0n) is 21.2. The van der Waals surface area contributed by atoms with Crippen LogP contribution in [0, 0.1) is 10.1 Å². The third kappa shape index (κ3) is 6.64. The number of benzene rings is 2. The fourth-order valence-electron chi connectivity index (χ4n) is 4.68. The van der Waals surface area contributed by atoms with Crippen molar-refractivity contribution in [2.75, 3.05) is 69.1 Å². The summed E-state index contributed by atoms with van der Waals surface area (Å²) in [6.07, 6.45) is 0. The number of carbonyl (C=O) groups excluding carboxylic acids is 2. The molecule has 39 heavy (non-hydrogen) atoms. The van der Waals surface area contributed by atoms with Crippen molar-refractivity contribution >= 4 is 56.9 Å². The van der Waals surface area contributed by atoms with E-state index in [-0.39, 0.29) is 17.5 Å². The molecule has 0 radical (unpaired) electrons. The van der Waals surface area contributed by atoms with E-state index in [0.717, 1.165) is 11.4 Å². The van der Waals surface area contributed by atoms with Gasteiger partial charge < -0.3 is 20.0 Å². The van der Waals surface area contributed by atoms with Gasteiger partial charge in [0.05, 0.1) is 11.5 Å². The Morgan fingerprint density at radius 3 is 2.33 bits per heavy atom. The molecule has 2 aromatic carbocycles. The number of piperazine rings is 2. The minimum Gasteiger partial charge on any atom is -0.368 e. The van der Waals surface area contributed by atoms with Gasteiger partial charge >= 0.3 is 0 Å². The van der Waals surface area contributed by atoms with Gasteiger partial charge in [-0.2, -0.15) is 0 Å². The largest absolute Gasteiger partial charge is 0.368 e. The minimum absolute atomic E-state index is 0.0662. The Bertz CT molecular complexity index is 1340. The molecule has 2 aliphatic rings. The quantitative estimate of drug-likeness (QED) is 0.339. The van der Waals surface area contributed by atoms with Gasteiger partial charge in [-0.05, 0) is 30.3 Å². The number of nitro benzene ring substituents is 1. The van der Waals surface area contributed by atoms with Gasteiger partial charge in [0.25, 0.3) is 11.6 Å². The van der Waals surface area contributed by atoms with Gasteiger partial charge in [-0.3, -0.25) is 24.6 Å². The van der Waals surface area contributed by atoms with E-state index >= 15 is 0 Å². The molecule has 1 N–H and O–H groups in total. The number of thiazole rings is 1. The highest BCUT2D eigenvalue weighted by molar-refractivity contribution is 7.14. The first kappa shape index (κ1) is 26.9. The van der Waals surface area contributed by atoms with E-state index in [4.69, 9.17) is 11.6 Å². The normalized spacial score (nSPS) is 16.3. The molecule has 204 valence electrons. The lowest BCUT2D eigenvalue weighted by atomic mass is 10.2. The number of non-ortho nitro benzene ring substituents is 1. The highest BCUT2D eigenvalue weighted by Crippen LogP contribution is 2.24. The van der Waals surface area contributed by atoms with Gasteiger partial charge in [-0.15, -0.1) is 11.3 Å². The molecule has 0 saturated carbocycles. The van der Waals surface area contributed by atoms with Gasteiger partial charge in [0.15, 0.2) is 5.13 Å². The van der Waals surface area contributed by atoms with E-state index in [1.54, 1.807) is 34.5 Å². The van der Waals surface area contributed by atoms with Crippen LogP contribution in [0.1, 0.15) is 10.5 Å². The van der Waals surface area contributed by atoms with Crippen LogP contribution in [-0.2, 0) is 4.79 Å². The number of amides is 2. The van der Waals surface area contributed by atoms with Gasteiger partial charge in [0, 0.05) is 86.3 Å². The molecule has 2 saturated heterocycles.